The molecule has 0 aliphatic rings. The van der Waals surface area contributed by atoms with Crippen molar-refractivity contribution < 1.29 is 9.87 Å². The Hall–Kier alpha value is 0.107. The molecule has 0 rings (SSSR count). The van der Waals surface area contributed by atoms with E-state index in [1.54, 1.807) is 0 Å². The monoisotopic (exact) mass is 84.0 g/mol. The maximum Gasteiger partial charge on any atom is 0.0785 e. The van der Waals surface area contributed by atoms with Crippen molar-refractivity contribution in [3.63, 3.8) is 0 Å². The summed E-state index contributed by atoms with van der Waals surface area (Å²) in [5.74, 6) is 0. The van der Waals surface area contributed by atoms with Gasteiger partial charge >= 0.3 is 0 Å². The first-order chi connectivity index (χ1) is 1.00. The molecule has 4 heavy (non-hydrogen) atoms. The van der Waals surface area contributed by atoms with Gasteiger partial charge in [-0.3, -0.25) is 4.39 Å². The van der Waals surface area contributed by atoms with E-state index in [9.17, 15) is 4.39 Å². The Kier molecular flexibility index (Phi) is 9770. The Balaban J connectivity index is -0.00000000500. The molecule has 0 aliphatic heterocycles. The number of halogens is 1. The van der Waals surface area contributed by atoms with E-state index in [0.29, 0.717) is 7.18 Å². The summed E-state index contributed by atoms with van der Waals surface area (Å²) >= 11 is 0. The van der Waals surface area contributed by atoms with Gasteiger partial charge in [-0.25, -0.2) is 0 Å². The van der Waals surface area contributed by atoms with Gasteiger partial charge in [0.05, 0.1) is 7.18 Å². The predicted octanol–water partition coefficient (Wildman–Crippen LogP) is -1.69. The molecule has 0 amide bonds. The van der Waals surface area contributed by atoms with Crippen LogP contribution in [-0.4, -0.2) is 23.6 Å². The largest absolute Gasteiger partial charge is 0.412 e. The van der Waals surface area contributed by atoms with E-state index in [4.69, 9.17) is 0 Å². The van der Waals surface area contributed by atoms with E-state index >= 15 is 0 Å². The second kappa shape index (κ2) is 1210. The molecule has 0 unspecified atom stereocenters. The lowest BCUT2D eigenvalue weighted by molar-refractivity contribution is 0.636. The highest BCUT2D eigenvalue weighted by Crippen LogP contribution is 1.16. The van der Waals surface area contributed by atoms with Crippen molar-refractivity contribution in [2.24, 2.45) is 0 Å². The van der Waals surface area contributed by atoms with E-state index in [0.717, 1.165) is 0 Å². The van der Waals surface area contributed by atoms with Crippen molar-refractivity contribution in [1.82, 2.24) is 0 Å². The number of alkyl halides is 1. The molecular weight excluding hydrogens is 75.1 g/mol. The lowest BCUT2D eigenvalue weighted by Crippen LogP contribution is -0.939. The lowest BCUT2D eigenvalue weighted by atomic mass is 11.9. The summed E-state index contributed by atoms with van der Waals surface area (Å²) in [4.78, 5) is 0. The van der Waals surface area contributed by atoms with E-state index in [2.05, 4.69) is 0 Å². The normalized spacial score (nSPS) is 1.50. The molecule has 2 N–H and O–H groups in total. The summed E-state index contributed by atoms with van der Waals surface area (Å²) in [5.41, 5.74) is 0. The maximum absolute atomic E-state index is 9.50. The highest BCUT2D eigenvalue weighted by Gasteiger charge is 0.926. The molecule has 0 atom stereocenters. The first-order valence-electron chi connectivity index (χ1n) is 0.378. The van der Waals surface area contributed by atoms with Crippen LogP contribution in [0.3, 0.4) is 0 Å². The van der Waals surface area contributed by atoms with Crippen LogP contribution in [0.4, 0.5) is 4.39 Å². The first-order valence-corrected chi connectivity index (χ1v) is 0.378. The average Bonchev–Trinajstić information content (AvgIpc) is 1.00. The Morgan fingerprint density at radius 1 is 1.25 bits per heavy atom. The molecule has 0 saturated carbocycles. The van der Waals surface area contributed by atoms with Gasteiger partial charge in [-0.15, -0.1) is 0 Å². The summed E-state index contributed by atoms with van der Waals surface area (Å²) in [7, 11) is 0.500. The topological polar surface area (TPSA) is 31.5 Å². The molecule has 0 saturated heterocycles. The predicted molar refractivity (Wildman–Crippen MR) is 22.0 cm³/mol. The van der Waals surface area contributed by atoms with Crippen molar-refractivity contribution in [3.8, 4) is 0 Å². The minimum Gasteiger partial charge on any atom is -0.412 e. The van der Waals surface area contributed by atoms with Crippen LogP contribution in [-0.2, 0) is 0 Å². The SMILES string of the molecule is CF.O.[SiH4]. The quantitative estimate of drug-likeness (QED) is 0.314. The van der Waals surface area contributed by atoms with Crippen LogP contribution in [0, 0.1) is 0 Å². The molecule has 0 radical (unpaired) electrons. The third-order valence-electron chi connectivity index (χ3n) is 0. The van der Waals surface area contributed by atoms with E-state index in [-0.39, 0.29) is 16.4 Å². The fraction of sp³-hybridized carbons (Fsp3) is 1.00. The fourth-order valence-electron chi connectivity index (χ4n) is 0. The molecule has 0 heterocycles. The highest BCUT2D eigenvalue weighted by atomic mass is 28.1. The summed E-state index contributed by atoms with van der Waals surface area (Å²) in [6.07, 6.45) is 0. The van der Waals surface area contributed by atoms with Gasteiger partial charge in [0.15, 0.2) is 0 Å². The van der Waals surface area contributed by atoms with Gasteiger partial charge in [-0.1, -0.05) is 0 Å². The molecule has 0 aliphatic carbocycles. The molecule has 1 nitrogen and oxygen atoms in total. The molecular formula is CH9FOSi. The standard InChI is InChI=1S/CH3F.H2O.H4Si/c1-2;;/h1H3;1H2;1H4. The fourth-order valence-corrected chi connectivity index (χ4v) is 0. The molecule has 0 bridgehead atoms. The van der Waals surface area contributed by atoms with Crippen LogP contribution in [0.1, 0.15) is 0 Å². The summed E-state index contributed by atoms with van der Waals surface area (Å²) in [5, 5.41) is 0. The number of hydrogen-bond acceptors (Lipinski definition) is 0. The summed E-state index contributed by atoms with van der Waals surface area (Å²) < 4.78 is 9.50. The Bertz CT molecular complexity index is 8.00. The average molecular weight is 84.2 g/mol. The third-order valence-corrected chi connectivity index (χ3v) is 0. The van der Waals surface area contributed by atoms with E-state index in [1.807, 2.05) is 0 Å². The Morgan fingerprint density at radius 2 is 1.25 bits per heavy atom. The van der Waals surface area contributed by atoms with Gasteiger partial charge in [-0.05, 0) is 11.0 Å². The zero-order valence-electron chi connectivity index (χ0n) is 1.88. The van der Waals surface area contributed by atoms with Gasteiger partial charge < -0.3 is 5.48 Å². The molecule has 30 valence electrons. The smallest absolute Gasteiger partial charge is 0.0785 e. The van der Waals surface area contributed by atoms with Crippen LogP contribution in [0.25, 0.3) is 0 Å². The Morgan fingerprint density at radius 3 is 1.25 bits per heavy atom. The summed E-state index contributed by atoms with van der Waals surface area (Å²) in [6.45, 7) is 0. The van der Waals surface area contributed by atoms with Crippen LogP contribution in [0.2, 0.25) is 0 Å². The minimum absolute atomic E-state index is 0. The molecule has 0 aromatic rings. The molecule has 0 spiro atoms. The van der Waals surface area contributed by atoms with E-state index in [1.165, 1.54) is 0 Å². The second-order valence-corrected chi connectivity index (χ2v) is 0. The molecule has 0 aromatic carbocycles. The number of hydrogen-bond donors (Lipinski definition) is 0. The molecule has 0 aromatic heterocycles. The van der Waals surface area contributed by atoms with Crippen molar-refractivity contribution >= 4 is 11.0 Å². The van der Waals surface area contributed by atoms with Crippen molar-refractivity contribution in [2.75, 3.05) is 7.18 Å². The van der Waals surface area contributed by atoms with Gasteiger partial charge in [0.25, 0.3) is 0 Å². The maximum atomic E-state index is 9.50. The van der Waals surface area contributed by atoms with Gasteiger partial charge in [0.2, 0.25) is 0 Å². The lowest BCUT2D eigenvalue weighted by Gasteiger charge is -1.10. The Labute approximate surface area is 29.2 Å². The van der Waals surface area contributed by atoms with Crippen molar-refractivity contribution in [1.29, 1.82) is 0 Å². The van der Waals surface area contributed by atoms with Gasteiger partial charge in [0.1, 0.15) is 0 Å². The summed E-state index contributed by atoms with van der Waals surface area (Å²) in [6, 6.07) is 0. The van der Waals surface area contributed by atoms with Crippen molar-refractivity contribution in [2.45, 2.75) is 0 Å². The molecule has 0 fully saturated rings. The van der Waals surface area contributed by atoms with Crippen LogP contribution in [0.5, 0.6) is 0 Å². The number of rotatable bonds is 0. The van der Waals surface area contributed by atoms with Crippen molar-refractivity contribution in [3.05, 3.63) is 0 Å². The highest BCUT2D eigenvalue weighted by molar-refractivity contribution is 5.75. The van der Waals surface area contributed by atoms with Crippen LogP contribution >= 0.6 is 0 Å². The van der Waals surface area contributed by atoms with Gasteiger partial charge in [0, 0.05) is 0 Å². The zero-order valence-corrected chi connectivity index (χ0v) is 1.88. The molecule has 3 heteroatoms. The van der Waals surface area contributed by atoms with Crippen LogP contribution < -0.4 is 0 Å². The van der Waals surface area contributed by atoms with E-state index < -0.39 is 0 Å². The third kappa shape index (κ3) is 226. The minimum atomic E-state index is 0. The second-order valence-electron chi connectivity index (χ2n) is 0. The van der Waals surface area contributed by atoms with Crippen LogP contribution in [0.15, 0.2) is 0 Å². The zero-order chi connectivity index (χ0) is 2.00. The van der Waals surface area contributed by atoms with Gasteiger partial charge in [-0.2, -0.15) is 0 Å². The first kappa shape index (κ1) is 32.4.